The Balaban J connectivity index is 1.60. The molecule has 4 bridgehead atoms. The van der Waals surface area contributed by atoms with Gasteiger partial charge in [-0.05, 0) is 62.3 Å². The molecule has 4 aliphatic rings. The molecule has 0 aromatic carbocycles. The number of nitrogens with zero attached hydrogens (tertiary/aromatic N) is 1. The number of rotatable bonds is 3. The highest BCUT2D eigenvalue weighted by atomic mass is 16.3. The van der Waals surface area contributed by atoms with Gasteiger partial charge in [-0.3, -0.25) is 0 Å². The SMILES string of the molecule is NCCc1coc(C2C3CC4CC(C3)CC2C4)n1. The van der Waals surface area contributed by atoms with Crippen LogP contribution in [0.2, 0.25) is 0 Å². The van der Waals surface area contributed by atoms with Crippen LogP contribution >= 0.6 is 0 Å². The number of aromatic nitrogens is 1. The molecule has 3 nitrogen and oxygen atoms in total. The van der Waals surface area contributed by atoms with Gasteiger partial charge in [-0.15, -0.1) is 0 Å². The predicted molar refractivity (Wildman–Crippen MR) is 69.0 cm³/mol. The third kappa shape index (κ3) is 1.63. The van der Waals surface area contributed by atoms with Crippen LogP contribution < -0.4 is 5.73 Å². The Morgan fingerprint density at radius 1 is 1.11 bits per heavy atom. The van der Waals surface area contributed by atoms with Crippen molar-refractivity contribution in [3.63, 3.8) is 0 Å². The van der Waals surface area contributed by atoms with Crippen molar-refractivity contribution < 1.29 is 4.42 Å². The molecule has 0 unspecified atom stereocenters. The third-order valence-electron chi connectivity index (χ3n) is 5.48. The number of nitrogens with two attached hydrogens (primary N) is 1. The van der Waals surface area contributed by atoms with Crippen molar-refractivity contribution in [1.29, 1.82) is 0 Å². The van der Waals surface area contributed by atoms with Crippen LogP contribution in [0.15, 0.2) is 10.7 Å². The molecule has 1 aromatic rings. The average Bonchev–Trinajstić information content (AvgIpc) is 2.76. The standard InChI is InChI=1S/C15H22N2O/c16-2-1-13-8-18-15(17-13)14-11-4-9-3-10(6-11)7-12(14)5-9/h8-12,14H,1-7,16H2. The van der Waals surface area contributed by atoms with Gasteiger partial charge < -0.3 is 10.2 Å². The summed E-state index contributed by atoms with van der Waals surface area (Å²) in [4.78, 5) is 4.70. The molecule has 0 aliphatic heterocycles. The monoisotopic (exact) mass is 246 g/mol. The topological polar surface area (TPSA) is 52.0 Å². The summed E-state index contributed by atoms with van der Waals surface area (Å²) in [6.45, 7) is 0.660. The van der Waals surface area contributed by atoms with Gasteiger partial charge in [-0.2, -0.15) is 0 Å². The van der Waals surface area contributed by atoms with E-state index in [2.05, 4.69) is 0 Å². The van der Waals surface area contributed by atoms with Gasteiger partial charge in [-0.25, -0.2) is 4.98 Å². The van der Waals surface area contributed by atoms with Gasteiger partial charge >= 0.3 is 0 Å². The smallest absolute Gasteiger partial charge is 0.197 e. The van der Waals surface area contributed by atoms with E-state index in [0.29, 0.717) is 12.5 Å². The quantitative estimate of drug-likeness (QED) is 0.892. The predicted octanol–water partition coefficient (Wildman–Crippen LogP) is 2.72. The van der Waals surface area contributed by atoms with Crippen LogP contribution in [0.1, 0.15) is 49.6 Å². The van der Waals surface area contributed by atoms with E-state index < -0.39 is 0 Å². The zero-order chi connectivity index (χ0) is 12.1. The second kappa shape index (κ2) is 4.09. The maximum Gasteiger partial charge on any atom is 0.197 e. The normalized spacial score (nSPS) is 41.5. The van der Waals surface area contributed by atoms with Crippen molar-refractivity contribution in [3.05, 3.63) is 17.8 Å². The Hall–Kier alpha value is -0.830. The molecule has 0 spiro atoms. The molecule has 1 aromatic heterocycles. The van der Waals surface area contributed by atoms with E-state index in [1.807, 2.05) is 6.26 Å². The van der Waals surface area contributed by atoms with Crippen LogP contribution in [-0.4, -0.2) is 11.5 Å². The van der Waals surface area contributed by atoms with Crippen molar-refractivity contribution in [2.45, 2.75) is 44.4 Å². The van der Waals surface area contributed by atoms with E-state index in [-0.39, 0.29) is 0 Å². The van der Waals surface area contributed by atoms with E-state index in [0.717, 1.165) is 41.7 Å². The second-order valence-electron chi connectivity index (χ2n) is 6.67. The lowest BCUT2D eigenvalue weighted by atomic mass is 9.52. The van der Waals surface area contributed by atoms with Gasteiger partial charge in [-0.1, -0.05) is 0 Å². The molecule has 98 valence electrons. The van der Waals surface area contributed by atoms with Crippen LogP contribution in [0, 0.1) is 23.7 Å². The fraction of sp³-hybridized carbons (Fsp3) is 0.800. The Labute approximate surface area is 108 Å². The minimum Gasteiger partial charge on any atom is -0.448 e. The first-order valence-electron chi connectivity index (χ1n) is 7.48. The minimum atomic E-state index is 0.615. The highest BCUT2D eigenvalue weighted by Gasteiger charge is 2.50. The third-order valence-corrected chi connectivity index (χ3v) is 5.48. The van der Waals surface area contributed by atoms with Crippen LogP contribution in [0.3, 0.4) is 0 Å². The molecule has 18 heavy (non-hydrogen) atoms. The zero-order valence-electron chi connectivity index (χ0n) is 10.8. The summed E-state index contributed by atoms with van der Waals surface area (Å²) in [5.74, 6) is 5.37. The lowest BCUT2D eigenvalue weighted by molar-refractivity contribution is -0.0114. The van der Waals surface area contributed by atoms with Crippen LogP contribution in [0.25, 0.3) is 0 Å². The van der Waals surface area contributed by atoms with Crippen LogP contribution in [0.5, 0.6) is 0 Å². The lowest BCUT2D eigenvalue weighted by Crippen LogP contribution is -2.43. The molecular weight excluding hydrogens is 224 g/mol. The molecule has 0 atom stereocenters. The van der Waals surface area contributed by atoms with Gasteiger partial charge in [0.1, 0.15) is 6.26 Å². The van der Waals surface area contributed by atoms with E-state index in [1.54, 1.807) is 0 Å². The van der Waals surface area contributed by atoms with Crippen molar-refractivity contribution in [2.24, 2.45) is 29.4 Å². The number of oxazole rings is 1. The van der Waals surface area contributed by atoms with Gasteiger partial charge in [0, 0.05) is 12.3 Å². The first-order valence-corrected chi connectivity index (χ1v) is 7.48. The molecule has 3 heteroatoms. The molecule has 2 N–H and O–H groups in total. The molecule has 4 fully saturated rings. The van der Waals surface area contributed by atoms with Crippen LogP contribution in [-0.2, 0) is 6.42 Å². The molecule has 4 saturated carbocycles. The second-order valence-corrected chi connectivity index (χ2v) is 6.67. The summed E-state index contributed by atoms with van der Waals surface area (Å²) in [6.07, 6.45) is 9.87. The van der Waals surface area contributed by atoms with Crippen LogP contribution in [0.4, 0.5) is 0 Å². The van der Waals surface area contributed by atoms with Gasteiger partial charge in [0.25, 0.3) is 0 Å². The van der Waals surface area contributed by atoms with Crippen molar-refractivity contribution >= 4 is 0 Å². The van der Waals surface area contributed by atoms with Crippen molar-refractivity contribution in [1.82, 2.24) is 4.98 Å². The van der Waals surface area contributed by atoms with E-state index in [1.165, 1.54) is 32.1 Å². The van der Waals surface area contributed by atoms with Crippen molar-refractivity contribution in [2.75, 3.05) is 6.54 Å². The maximum atomic E-state index is 5.78. The molecule has 0 radical (unpaired) electrons. The maximum absolute atomic E-state index is 5.78. The summed E-state index contributed by atoms with van der Waals surface area (Å²) in [5, 5.41) is 0. The Kier molecular flexibility index (Phi) is 2.51. The highest BCUT2D eigenvalue weighted by Crippen LogP contribution is 2.59. The van der Waals surface area contributed by atoms with E-state index in [9.17, 15) is 0 Å². The van der Waals surface area contributed by atoms with Gasteiger partial charge in [0.05, 0.1) is 5.69 Å². The molecule has 1 heterocycles. The van der Waals surface area contributed by atoms with Crippen molar-refractivity contribution in [3.8, 4) is 0 Å². The average molecular weight is 246 g/mol. The Morgan fingerprint density at radius 3 is 2.39 bits per heavy atom. The fourth-order valence-corrected chi connectivity index (χ4v) is 5.07. The summed E-state index contributed by atoms with van der Waals surface area (Å²) < 4.78 is 5.78. The Morgan fingerprint density at radius 2 is 1.78 bits per heavy atom. The highest BCUT2D eigenvalue weighted by molar-refractivity contribution is 5.11. The summed E-state index contributed by atoms with van der Waals surface area (Å²) in [5.41, 5.74) is 6.63. The van der Waals surface area contributed by atoms with E-state index >= 15 is 0 Å². The number of hydrogen-bond donors (Lipinski definition) is 1. The largest absolute Gasteiger partial charge is 0.448 e. The summed E-state index contributed by atoms with van der Waals surface area (Å²) in [7, 11) is 0. The molecular formula is C15H22N2O. The first kappa shape index (κ1) is 11.0. The fourth-order valence-electron chi connectivity index (χ4n) is 5.07. The van der Waals surface area contributed by atoms with Gasteiger partial charge in [0.15, 0.2) is 5.89 Å². The number of hydrogen-bond acceptors (Lipinski definition) is 3. The Bertz CT molecular complexity index is 411. The molecule has 0 amide bonds. The lowest BCUT2D eigenvalue weighted by Gasteiger charge is -2.53. The molecule has 0 saturated heterocycles. The first-order chi connectivity index (χ1) is 8.83. The minimum absolute atomic E-state index is 0.615. The van der Waals surface area contributed by atoms with Gasteiger partial charge in [0.2, 0.25) is 0 Å². The van der Waals surface area contributed by atoms with E-state index in [4.69, 9.17) is 15.1 Å². The zero-order valence-corrected chi connectivity index (χ0v) is 10.8. The molecule has 4 aliphatic carbocycles. The summed E-state index contributed by atoms with van der Waals surface area (Å²) in [6, 6.07) is 0. The molecule has 5 rings (SSSR count). The summed E-state index contributed by atoms with van der Waals surface area (Å²) >= 11 is 0.